The van der Waals surface area contributed by atoms with E-state index in [2.05, 4.69) is 30.2 Å². The van der Waals surface area contributed by atoms with Crippen LogP contribution < -0.4 is 11.1 Å². The molecule has 0 unspecified atom stereocenters. The van der Waals surface area contributed by atoms with Crippen LogP contribution in [0.3, 0.4) is 0 Å². The molecule has 3 aromatic rings. The van der Waals surface area contributed by atoms with Gasteiger partial charge in [-0.25, -0.2) is 24.3 Å². The zero-order valence-corrected chi connectivity index (χ0v) is 13.0. The van der Waals surface area contributed by atoms with Crippen LogP contribution in [-0.4, -0.2) is 37.0 Å². The molecule has 1 fully saturated rings. The molecular formula is C16H18FN7. The second kappa shape index (κ2) is 6.12. The van der Waals surface area contributed by atoms with Crippen LogP contribution in [0.1, 0.15) is 25.7 Å². The number of nitrogens with zero attached hydrogens (tertiary/aromatic N) is 4. The normalized spacial score (nSPS) is 21.1. The summed E-state index contributed by atoms with van der Waals surface area (Å²) in [5, 5.41) is 3.98. The maximum Gasteiger partial charge on any atom is 0.183 e. The lowest BCUT2D eigenvalue weighted by Crippen LogP contribution is -2.35. The standard InChI is InChI=1S/C16H18FN7/c17-13-7-21-15(12-6-20-14-11(12)5-19-8-22-14)24-16(13)23-10-3-1-2-9(18)4-10/h5-10H,1-4,18H2,(H,19,20,22)(H,21,23,24)/t9-,10+/m1/s1. The largest absolute Gasteiger partial charge is 0.365 e. The second-order valence-corrected chi connectivity index (χ2v) is 6.15. The van der Waals surface area contributed by atoms with Gasteiger partial charge in [-0.3, -0.25) is 0 Å². The molecular weight excluding hydrogens is 309 g/mol. The van der Waals surface area contributed by atoms with Gasteiger partial charge in [0.15, 0.2) is 17.5 Å². The maximum absolute atomic E-state index is 14.1. The summed E-state index contributed by atoms with van der Waals surface area (Å²) < 4.78 is 14.1. The van der Waals surface area contributed by atoms with Crippen LogP contribution in [0.15, 0.2) is 24.9 Å². The van der Waals surface area contributed by atoms with Gasteiger partial charge in [-0.05, 0) is 25.7 Å². The van der Waals surface area contributed by atoms with E-state index < -0.39 is 5.82 Å². The van der Waals surface area contributed by atoms with Gasteiger partial charge in [0.2, 0.25) is 0 Å². The average Bonchev–Trinajstić information content (AvgIpc) is 3.01. The van der Waals surface area contributed by atoms with Gasteiger partial charge in [0.05, 0.1) is 6.20 Å². The fourth-order valence-electron chi connectivity index (χ4n) is 3.20. The monoisotopic (exact) mass is 327 g/mol. The van der Waals surface area contributed by atoms with Crippen molar-refractivity contribution < 1.29 is 4.39 Å². The molecule has 124 valence electrons. The van der Waals surface area contributed by atoms with Crippen molar-refractivity contribution in [2.75, 3.05) is 5.32 Å². The molecule has 0 aromatic carbocycles. The van der Waals surface area contributed by atoms with Crippen LogP contribution in [0.4, 0.5) is 10.2 Å². The van der Waals surface area contributed by atoms with E-state index in [9.17, 15) is 4.39 Å². The van der Waals surface area contributed by atoms with E-state index in [1.165, 1.54) is 12.5 Å². The second-order valence-electron chi connectivity index (χ2n) is 6.15. The van der Waals surface area contributed by atoms with Gasteiger partial charge in [-0.1, -0.05) is 0 Å². The fourth-order valence-corrected chi connectivity index (χ4v) is 3.20. The molecule has 0 aliphatic heterocycles. The van der Waals surface area contributed by atoms with Gasteiger partial charge >= 0.3 is 0 Å². The Morgan fingerprint density at radius 3 is 3.04 bits per heavy atom. The van der Waals surface area contributed by atoms with Crippen LogP contribution in [0, 0.1) is 5.82 Å². The highest BCUT2D eigenvalue weighted by atomic mass is 19.1. The first kappa shape index (κ1) is 14.9. The number of anilines is 1. The molecule has 3 heterocycles. The van der Waals surface area contributed by atoms with E-state index in [0.717, 1.165) is 36.6 Å². The highest BCUT2D eigenvalue weighted by Crippen LogP contribution is 2.27. The van der Waals surface area contributed by atoms with E-state index in [0.29, 0.717) is 11.5 Å². The van der Waals surface area contributed by atoms with Crippen molar-refractivity contribution in [1.82, 2.24) is 24.9 Å². The number of aromatic nitrogens is 5. The first-order valence-corrected chi connectivity index (χ1v) is 8.03. The molecule has 0 bridgehead atoms. The van der Waals surface area contributed by atoms with E-state index in [-0.39, 0.29) is 17.9 Å². The Labute approximate surface area is 137 Å². The lowest BCUT2D eigenvalue weighted by molar-refractivity contribution is 0.407. The minimum Gasteiger partial charge on any atom is -0.365 e. The Bertz CT molecular complexity index is 863. The highest BCUT2D eigenvalue weighted by Gasteiger charge is 2.21. The first-order chi connectivity index (χ1) is 11.7. The zero-order valence-electron chi connectivity index (χ0n) is 13.0. The Morgan fingerprint density at radius 1 is 1.25 bits per heavy atom. The fraction of sp³-hybridized carbons (Fsp3) is 0.375. The number of nitrogens with one attached hydrogen (secondary N) is 2. The quantitative estimate of drug-likeness (QED) is 0.681. The number of fused-ring (bicyclic) bond motifs is 1. The van der Waals surface area contributed by atoms with E-state index in [4.69, 9.17) is 5.73 Å². The van der Waals surface area contributed by atoms with Crippen molar-refractivity contribution in [3.8, 4) is 11.4 Å². The summed E-state index contributed by atoms with van der Waals surface area (Å²) in [6, 6.07) is 0.295. The molecule has 1 aliphatic carbocycles. The van der Waals surface area contributed by atoms with Crippen LogP contribution >= 0.6 is 0 Å². The van der Waals surface area contributed by atoms with E-state index in [1.54, 1.807) is 12.4 Å². The minimum absolute atomic E-state index is 0.136. The topological polar surface area (TPSA) is 105 Å². The van der Waals surface area contributed by atoms with E-state index in [1.807, 2.05) is 0 Å². The molecule has 24 heavy (non-hydrogen) atoms. The van der Waals surface area contributed by atoms with Crippen LogP contribution in [-0.2, 0) is 0 Å². The minimum atomic E-state index is -0.464. The van der Waals surface area contributed by atoms with Gasteiger partial charge in [-0.15, -0.1) is 0 Å². The van der Waals surface area contributed by atoms with Gasteiger partial charge < -0.3 is 16.0 Å². The van der Waals surface area contributed by atoms with Gasteiger partial charge in [-0.2, -0.15) is 0 Å². The summed E-state index contributed by atoms with van der Waals surface area (Å²) in [4.78, 5) is 19.7. The molecule has 4 rings (SSSR count). The number of hydrogen-bond donors (Lipinski definition) is 3. The number of H-pyrrole nitrogens is 1. The predicted molar refractivity (Wildman–Crippen MR) is 88.7 cm³/mol. The number of nitrogens with two attached hydrogens (primary N) is 1. The van der Waals surface area contributed by atoms with E-state index >= 15 is 0 Å². The average molecular weight is 327 g/mol. The Kier molecular flexibility index (Phi) is 3.81. The predicted octanol–water partition coefficient (Wildman–Crippen LogP) is 2.24. The molecule has 3 aromatic heterocycles. The van der Waals surface area contributed by atoms with Crippen molar-refractivity contribution in [2.45, 2.75) is 37.8 Å². The van der Waals surface area contributed by atoms with Crippen LogP contribution in [0.5, 0.6) is 0 Å². The summed E-state index contributed by atoms with van der Waals surface area (Å²) >= 11 is 0. The molecule has 1 saturated carbocycles. The summed E-state index contributed by atoms with van der Waals surface area (Å²) in [6.45, 7) is 0. The molecule has 0 saturated heterocycles. The molecule has 7 nitrogen and oxygen atoms in total. The SMILES string of the molecule is N[C@@H]1CCC[C@H](Nc2nc(-c3c[nH]c4ncncc34)ncc2F)C1. The van der Waals surface area contributed by atoms with Crippen molar-refractivity contribution in [3.05, 3.63) is 30.7 Å². The third kappa shape index (κ3) is 2.80. The number of aromatic amines is 1. The maximum atomic E-state index is 14.1. The number of halogens is 1. The molecule has 2 atom stereocenters. The van der Waals surface area contributed by atoms with Gasteiger partial charge in [0.25, 0.3) is 0 Å². The number of rotatable bonds is 3. The Morgan fingerprint density at radius 2 is 2.17 bits per heavy atom. The van der Waals surface area contributed by atoms with Crippen LogP contribution in [0.25, 0.3) is 22.4 Å². The van der Waals surface area contributed by atoms with Crippen molar-refractivity contribution in [3.63, 3.8) is 0 Å². The lowest BCUT2D eigenvalue weighted by atomic mass is 9.92. The van der Waals surface area contributed by atoms with Crippen molar-refractivity contribution >= 4 is 16.9 Å². The molecule has 0 radical (unpaired) electrons. The summed E-state index contributed by atoms with van der Waals surface area (Å²) in [5.41, 5.74) is 7.44. The Balaban J connectivity index is 1.66. The zero-order chi connectivity index (χ0) is 16.5. The van der Waals surface area contributed by atoms with Crippen molar-refractivity contribution in [2.24, 2.45) is 5.73 Å². The van der Waals surface area contributed by atoms with Gasteiger partial charge in [0.1, 0.15) is 12.0 Å². The lowest BCUT2D eigenvalue weighted by Gasteiger charge is -2.27. The van der Waals surface area contributed by atoms with Gasteiger partial charge in [0, 0.05) is 35.4 Å². The molecule has 0 spiro atoms. The molecule has 1 aliphatic rings. The molecule has 0 amide bonds. The number of hydrogen-bond acceptors (Lipinski definition) is 6. The van der Waals surface area contributed by atoms with Crippen LogP contribution in [0.2, 0.25) is 0 Å². The smallest absolute Gasteiger partial charge is 0.183 e. The molecule has 4 N–H and O–H groups in total. The third-order valence-electron chi connectivity index (χ3n) is 4.40. The highest BCUT2D eigenvalue weighted by molar-refractivity contribution is 5.90. The molecule has 8 heteroatoms. The first-order valence-electron chi connectivity index (χ1n) is 8.03. The third-order valence-corrected chi connectivity index (χ3v) is 4.40. The summed E-state index contributed by atoms with van der Waals surface area (Å²) in [6.07, 6.45) is 9.95. The Hall–Kier alpha value is -2.61. The van der Waals surface area contributed by atoms with Crippen molar-refractivity contribution in [1.29, 1.82) is 0 Å². The summed E-state index contributed by atoms with van der Waals surface area (Å²) in [5.74, 6) is 0.180. The summed E-state index contributed by atoms with van der Waals surface area (Å²) in [7, 11) is 0.